The molecular formula is C14H18O4. The van der Waals surface area contributed by atoms with Crippen LogP contribution in [0.1, 0.15) is 12.8 Å². The van der Waals surface area contributed by atoms with Crippen molar-refractivity contribution >= 4 is 11.9 Å². The molecule has 3 aliphatic rings. The summed E-state index contributed by atoms with van der Waals surface area (Å²) < 4.78 is 9.60. The van der Waals surface area contributed by atoms with Crippen LogP contribution in [0, 0.1) is 35.5 Å². The molecule has 3 fully saturated rings. The van der Waals surface area contributed by atoms with Crippen LogP contribution in [-0.4, -0.2) is 26.2 Å². The summed E-state index contributed by atoms with van der Waals surface area (Å²) in [5.41, 5.74) is 0.590. The van der Waals surface area contributed by atoms with Gasteiger partial charge in [0.25, 0.3) is 0 Å². The van der Waals surface area contributed by atoms with Gasteiger partial charge in [-0.3, -0.25) is 4.79 Å². The Hall–Kier alpha value is -1.32. The van der Waals surface area contributed by atoms with Gasteiger partial charge in [-0.1, -0.05) is 6.58 Å². The maximum absolute atomic E-state index is 11.7. The zero-order valence-corrected chi connectivity index (χ0v) is 10.7. The lowest BCUT2D eigenvalue weighted by Gasteiger charge is -2.18. The number of ether oxygens (including phenoxy) is 2. The summed E-state index contributed by atoms with van der Waals surface area (Å²) in [7, 11) is 2.83. The summed E-state index contributed by atoms with van der Waals surface area (Å²) in [5, 5.41) is 0. The molecule has 6 unspecified atom stereocenters. The van der Waals surface area contributed by atoms with E-state index in [1.807, 2.05) is 0 Å². The molecule has 3 aliphatic carbocycles. The first kappa shape index (κ1) is 11.8. The van der Waals surface area contributed by atoms with Gasteiger partial charge in [0, 0.05) is 5.57 Å². The summed E-state index contributed by atoms with van der Waals surface area (Å²) in [6.07, 6.45) is 2.03. The van der Waals surface area contributed by atoms with Crippen molar-refractivity contribution in [2.45, 2.75) is 12.8 Å². The van der Waals surface area contributed by atoms with Crippen LogP contribution in [-0.2, 0) is 19.1 Å². The van der Waals surface area contributed by atoms with Gasteiger partial charge < -0.3 is 9.47 Å². The highest BCUT2D eigenvalue weighted by atomic mass is 16.5. The quantitative estimate of drug-likeness (QED) is 0.561. The van der Waals surface area contributed by atoms with E-state index < -0.39 is 0 Å². The minimum absolute atomic E-state index is 0.0386. The molecule has 98 valence electrons. The number of methoxy groups -OCH3 is 2. The second kappa shape index (κ2) is 3.84. The predicted molar refractivity (Wildman–Crippen MR) is 63.3 cm³/mol. The van der Waals surface area contributed by atoms with E-state index in [9.17, 15) is 9.59 Å². The smallest absolute Gasteiger partial charge is 0.333 e. The number of hydrogen-bond donors (Lipinski definition) is 0. The molecule has 0 amide bonds. The number of fused-ring (bicyclic) bond motifs is 5. The summed E-state index contributed by atoms with van der Waals surface area (Å²) in [4.78, 5) is 23.2. The normalized spacial score (nSPS) is 43.2. The Balaban J connectivity index is 1.72. The molecule has 0 aromatic heterocycles. The highest BCUT2D eigenvalue weighted by molar-refractivity contribution is 5.89. The van der Waals surface area contributed by atoms with Crippen LogP contribution in [0.15, 0.2) is 12.2 Å². The molecular weight excluding hydrogens is 232 g/mol. The monoisotopic (exact) mass is 250 g/mol. The summed E-state index contributed by atoms with van der Waals surface area (Å²) in [6, 6.07) is 0. The Morgan fingerprint density at radius 2 is 1.83 bits per heavy atom. The SMILES string of the molecule is C=C(C(=O)OC)C1C2C3CC(C(=O)OC)C(C3)C12. The molecule has 0 aromatic rings. The molecule has 0 aromatic carbocycles. The van der Waals surface area contributed by atoms with Crippen LogP contribution in [0.5, 0.6) is 0 Å². The van der Waals surface area contributed by atoms with Crippen molar-refractivity contribution in [3.8, 4) is 0 Å². The topological polar surface area (TPSA) is 52.6 Å². The fraction of sp³-hybridized carbons (Fsp3) is 0.714. The Labute approximate surface area is 106 Å². The Bertz CT molecular complexity index is 428. The van der Waals surface area contributed by atoms with Gasteiger partial charge in [-0.15, -0.1) is 0 Å². The molecule has 0 spiro atoms. The highest BCUT2D eigenvalue weighted by Gasteiger charge is 2.70. The summed E-state index contributed by atoms with van der Waals surface area (Å²) >= 11 is 0. The van der Waals surface area contributed by atoms with Gasteiger partial charge in [0.1, 0.15) is 0 Å². The van der Waals surface area contributed by atoms with Crippen LogP contribution < -0.4 is 0 Å². The van der Waals surface area contributed by atoms with Crippen LogP contribution >= 0.6 is 0 Å². The number of hydrogen-bond acceptors (Lipinski definition) is 4. The minimum Gasteiger partial charge on any atom is -0.469 e. The van der Waals surface area contributed by atoms with Crippen molar-refractivity contribution in [1.29, 1.82) is 0 Å². The van der Waals surface area contributed by atoms with E-state index in [1.54, 1.807) is 0 Å². The van der Waals surface area contributed by atoms with E-state index in [2.05, 4.69) is 6.58 Å². The maximum atomic E-state index is 11.7. The predicted octanol–water partition coefficient (Wildman–Crippen LogP) is 1.41. The molecule has 2 bridgehead atoms. The lowest BCUT2D eigenvalue weighted by molar-refractivity contribution is -0.147. The van der Waals surface area contributed by atoms with E-state index >= 15 is 0 Å². The fourth-order valence-electron chi connectivity index (χ4n) is 4.52. The molecule has 18 heavy (non-hydrogen) atoms. The molecule has 6 atom stereocenters. The third-order valence-corrected chi connectivity index (χ3v) is 5.17. The minimum atomic E-state index is -0.302. The first-order chi connectivity index (χ1) is 8.60. The Morgan fingerprint density at radius 1 is 1.11 bits per heavy atom. The van der Waals surface area contributed by atoms with Gasteiger partial charge in [-0.25, -0.2) is 4.79 Å². The largest absolute Gasteiger partial charge is 0.469 e. The van der Waals surface area contributed by atoms with Crippen LogP contribution in [0.25, 0.3) is 0 Å². The van der Waals surface area contributed by atoms with Gasteiger partial charge in [0.15, 0.2) is 0 Å². The van der Waals surface area contributed by atoms with Crippen molar-refractivity contribution in [2.75, 3.05) is 14.2 Å². The van der Waals surface area contributed by atoms with Crippen LogP contribution in [0.3, 0.4) is 0 Å². The molecule has 0 saturated heterocycles. The Morgan fingerprint density at radius 3 is 2.44 bits per heavy atom. The van der Waals surface area contributed by atoms with Crippen molar-refractivity contribution in [2.24, 2.45) is 35.5 Å². The molecule has 0 heterocycles. The van der Waals surface area contributed by atoms with Crippen molar-refractivity contribution in [3.63, 3.8) is 0 Å². The maximum Gasteiger partial charge on any atom is 0.333 e. The van der Waals surface area contributed by atoms with E-state index in [0.29, 0.717) is 29.2 Å². The molecule has 0 aliphatic heterocycles. The van der Waals surface area contributed by atoms with Gasteiger partial charge in [-0.05, 0) is 42.4 Å². The zero-order valence-electron chi connectivity index (χ0n) is 10.7. The number of carbonyl (C=O) groups excluding carboxylic acids is 2. The van der Waals surface area contributed by atoms with Gasteiger partial charge in [0.05, 0.1) is 20.1 Å². The third-order valence-electron chi connectivity index (χ3n) is 5.17. The first-order valence-corrected chi connectivity index (χ1v) is 6.45. The van der Waals surface area contributed by atoms with Crippen molar-refractivity contribution in [3.05, 3.63) is 12.2 Å². The average molecular weight is 250 g/mol. The van der Waals surface area contributed by atoms with Gasteiger partial charge >= 0.3 is 11.9 Å². The van der Waals surface area contributed by atoms with Crippen molar-refractivity contribution < 1.29 is 19.1 Å². The molecule has 3 saturated carbocycles. The number of rotatable bonds is 3. The van der Waals surface area contributed by atoms with E-state index in [0.717, 1.165) is 12.8 Å². The summed E-state index contributed by atoms with van der Waals surface area (Å²) in [5.74, 6) is 1.86. The molecule has 0 N–H and O–H groups in total. The molecule has 0 radical (unpaired) electrons. The van der Waals surface area contributed by atoms with Crippen molar-refractivity contribution in [1.82, 2.24) is 0 Å². The van der Waals surface area contributed by atoms with E-state index in [1.165, 1.54) is 14.2 Å². The van der Waals surface area contributed by atoms with E-state index in [-0.39, 0.29) is 23.8 Å². The molecule has 4 nitrogen and oxygen atoms in total. The Kier molecular flexibility index (Phi) is 2.50. The average Bonchev–Trinajstić information content (AvgIpc) is 2.86. The lowest BCUT2D eigenvalue weighted by Crippen LogP contribution is -2.23. The highest BCUT2D eigenvalue weighted by Crippen LogP contribution is 2.72. The second-order valence-electron chi connectivity index (χ2n) is 5.72. The number of esters is 2. The molecule has 3 rings (SSSR count). The number of carbonyl (C=O) groups is 2. The summed E-state index contributed by atoms with van der Waals surface area (Å²) in [6.45, 7) is 3.87. The first-order valence-electron chi connectivity index (χ1n) is 6.45. The van der Waals surface area contributed by atoms with Crippen LogP contribution in [0.4, 0.5) is 0 Å². The zero-order chi connectivity index (χ0) is 13.0. The van der Waals surface area contributed by atoms with Gasteiger partial charge in [-0.2, -0.15) is 0 Å². The standard InChI is InChI=1S/C14H18O4/c1-6(13(15)17-2)10-11-7-4-8(12(10)11)9(5-7)14(16)18-3/h7-12H,1,4-5H2,2-3H3. The molecule has 4 heteroatoms. The fourth-order valence-corrected chi connectivity index (χ4v) is 4.52. The lowest BCUT2D eigenvalue weighted by atomic mass is 9.88. The van der Waals surface area contributed by atoms with Gasteiger partial charge in [0.2, 0.25) is 0 Å². The van der Waals surface area contributed by atoms with Crippen LogP contribution in [0.2, 0.25) is 0 Å². The third kappa shape index (κ3) is 1.38. The second-order valence-corrected chi connectivity index (χ2v) is 5.72. The van der Waals surface area contributed by atoms with E-state index in [4.69, 9.17) is 9.47 Å².